The van der Waals surface area contributed by atoms with Crippen LogP contribution in [0.25, 0.3) is 0 Å². The average Bonchev–Trinajstić information content (AvgIpc) is 2.89. The molecule has 106 valence electrons. The van der Waals surface area contributed by atoms with Crippen LogP contribution in [0.15, 0.2) is 24.4 Å². The number of hydrogen-bond donors (Lipinski definition) is 2. The number of anilines is 1. The fourth-order valence-electron chi connectivity index (χ4n) is 1.75. The van der Waals surface area contributed by atoms with Gasteiger partial charge in [-0.3, -0.25) is 15.2 Å². The van der Waals surface area contributed by atoms with Gasteiger partial charge in [-0.25, -0.2) is 8.78 Å². The molecule has 0 saturated heterocycles. The van der Waals surface area contributed by atoms with Gasteiger partial charge in [0, 0.05) is 18.4 Å². The summed E-state index contributed by atoms with van der Waals surface area (Å²) in [5.41, 5.74) is -0.0281. The Morgan fingerprint density at radius 3 is 2.60 bits per heavy atom. The fraction of sp³-hybridized carbons (Fsp3) is 0.250. The number of nitrogens with one attached hydrogen (secondary N) is 2. The number of nitro benzene ring substituents is 1. The van der Waals surface area contributed by atoms with E-state index in [0.717, 1.165) is 5.69 Å². The van der Waals surface area contributed by atoms with E-state index in [1.807, 2.05) is 6.07 Å². The lowest BCUT2D eigenvalue weighted by Crippen LogP contribution is -2.07. The molecule has 2 aromatic rings. The normalized spacial score (nSPS) is 10.5. The lowest BCUT2D eigenvalue weighted by atomic mass is 10.2. The Kier molecular flexibility index (Phi) is 4.24. The third-order valence-corrected chi connectivity index (χ3v) is 2.72. The first-order valence-electron chi connectivity index (χ1n) is 5.93. The molecule has 2 rings (SSSR count). The van der Waals surface area contributed by atoms with E-state index >= 15 is 0 Å². The summed E-state index contributed by atoms with van der Waals surface area (Å²) in [6.07, 6.45) is 2.94. The van der Waals surface area contributed by atoms with Crippen LogP contribution in [0.5, 0.6) is 0 Å². The Balaban J connectivity index is 1.94. The van der Waals surface area contributed by atoms with Crippen molar-refractivity contribution in [2.45, 2.75) is 12.8 Å². The summed E-state index contributed by atoms with van der Waals surface area (Å²) >= 11 is 0. The van der Waals surface area contributed by atoms with Crippen LogP contribution in [0.4, 0.5) is 20.2 Å². The van der Waals surface area contributed by atoms with E-state index in [1.165, 1.54) is 0 Å². The Labute approximate surface area is 113 Å². The smallest absolute Gasteiger partial charge is 0.275 e. The molecule has 0 atom stereocenters. The van der Waals surface area contributed by atoms with Gasteiger partial charge in [-0.2, -0.15) is 5.10 Å². The van der Waals surface area contributed by atoms with E-state index in [-0.39, 0.29) is 5.69 Å². The summed E-state index contributed by atoms with van der Waals surface area (Å²) in [4.78, 5) is 9.61. The summed E-state index contributed by atoms with van der Waals surface area (Å²) in [5.74, 6) is -1.95. The SMILES string of the molecule is O=[N+]([O-])c1cc(F)c(NCCCc2ccn[nH]2)c(F)c1. The van der Waals surface area contributed by atoms with Crippen molar-refractivity contribution in [3.05, 3.63) is 51.8 Å². The second-order valence-electron chi connectivity index (χ2n) is 4.15. The highest BCUT2D eigenvalue weighted by Crippen LogP contribution is 2.24. The van der Waals surface area contributed by atoms with Gasteiger partial charge in [0.25, 0.3) is 5.69 Å². The van der Waals surface area contributed by atoms with Crippen molar-refractivity contribution in [2.24, 2.45) is 0 Å². The minimum atomic E-state index is -0.974. The van der Waals surface area contributed by atoms with Gasteiger partial charge in [-0.1, -0.05) is 0 Å². The van der Waals surface area contributed by atoms with Crippen molar-refractivity contribution in [3.63, 3.8) is 0 Å². The van der Waals surface area contributed by atoms with E-state index in [0.29, 0.717) is 31.5 Å². The van der Waals surface area contributed by atoms with Gasteiger partial charge in [0.15, 0.2) is 11.6 Å². The molecule has 0 aliphatic heterocycles. The van der Waals surface area contributed by atoms with Gasteiger partial charge in [-0.15, -0.1) is 0 Å². The van der Waals surface area contributed by atoms with E-state index < -0.39 is 22.2 Å². The van der Waals surface area contributed by atoms with Gasteiger partial charge in [0.05, 0.1) is 17.1 Å². The summed E-state index contributed by atoms with van der Waals surface area (Å²) in [7, 11) is 0. The van der Waals surface area contributed by atoms with E-state index in [2.05, 4.69) is 15.5 Å². The Bertz CT molecular complexity index is 579. The van der Waals surface area contributed by atoms with Gasteiger partial charge in [0.2, 0.25) is 0 Å². The third-order valence-electron chi connectivity index (χ3n) is 2.72. The molecule has 8 heteroatoms. The maximum Gasteiger partial charge on any atom is 0.275 e. The molecule has 0 aliphatic rings. The molecule has 0 amide bonds. The van der Waals surface area contributed by atoms with Crippen LogP contribution < -0.4 is 5.32 Å². The van der Waals surface area contributed by atoms with Crippen LogP contribution in [0.2, 0.25) is 0 Å². The monoisotopic (exact) mass is 282 g/mol. The molecule has 1 aromatic heterocycles. The lowest BCUT2D eigenvalue weighted by Gasteiger charge is -2.08. The van der Waals surface area contributed by atoms with Crippen LogP contribution >= 0.6 is 0 Å². The first-order valence-corrected chi connectivity index (χ1v) is 5.93. The molecule has 0 fully saturated rings. The molecule has 6 nitrogen and oxygen atoms in total. The molecular weight excluding hydrogens is 270 g/mol. The number of nitro groups is 1. The number of aryl methyl sites for hydroxylation is 1. The number of rotatable bonds is 6. The molecular formula is C12H12F2N4O2. The maximum absolute atomic E-state index is 13.5. The van der Waals surface area contributed by atoms with Gasteiger partial charge < -0.3 is 5.32 Å². The maximum atomic E-state index is 13.5. The molecule has 0 aliphatic carbocycles. The molecule has 20 heavy (non-hydrogen) atoms. The largest absolute Gasteiger partial charge is 0.380 e. The zero-order valence-electron chi connectivity index (χ0n) is 10.4. The summed E-state index contributed by atoms with van der Waals surface area (Å²) in [6.45, 7) is 0.338. The number of aromatic amines is 1. The summed E-state index contributed by atoms with van der Waals surface area (Å²) in [6, 6.07) is 3.20. The van der Waals surface area contributed by atoms with Crippen LogP contribution in [-0.2, 0) is 6.42 Å². The molecule has 0 spiro atoms. The molecule has 0 saturated carbocycles. The van der Waals surface area contributed by atoms with Crippen LogP contribution in [0.1, 0.15) is 12.1 Å². The highest BCUT2D eigenvalue weighted by Gasteiger charge is 2.16. The van der Waals surface area contributed by atoms with E-state index in [1.54, 1.807) is 6.20 Å². The van der Waals surface area contributed by atoms with Crippen LogP contribution in [0, 0.1) is 21.7 Å². The number of nitrogens with zero attached hydrogens (tertiary/aromatic N) is 2. The standard InChI is InChI=1S/C12H12F2N4O2/c13-10-6-9(18(19)20)7-11(14)12(10)15-4-1-2-8-3-5-16-17-8/h3,5-7,15H,1-2,4H2,(H,16,17). The molecule has 1 aromatic carbocycles. The Hall–Kier alpha value is -2.51. The van der Waals surface area contributed by atoms with Crippen molar-refractivity contribution >= 4 is 11.4 Å². The summed E-state index contributed by atoms with van der Waals surface area (Å²) < 4.78 is 27.1. The number of benzene rings is 1. The quantitative estimate of drug-likeness (QED) is 0.484. The molecule has 2 N–H and O–H groups in total. The minimum Gasteiger partial charge on any atom is -0.380 e. The Morgan fingerprint density at radius 1 is 1.35 bits per heavy atom. The highest BCUT2D eigenvalue weighted by atomic mass is 19.1. The van der Waals surface area contributed by atoms with E-state index in [4.69, 9.17) is 0 Å². The van der Waals surface area contributed by atoms with Crippen LogP contribution in [-0.4, -0.2) is 21.7 Å². The zero-order valence-corrected chi connectivity index (χ0v) is 10.4. The zero-order chi connectivity index (χ0) is 14.5. The topological polar surface area (TPSA) is 83.8 Å². The van der Waals surface area contributed by atoms with Crippen LogP contribution in [0.3, 0.4) is 0 Å². The van der Waals surface area contributed by atoms with Crippen molar-refractivity contribution in [2.75, 3.05) is 11.9 Å². The molecule has 0 bridgehead atoms. The first-order chi connectivity index (χ1) is 9.58. The number of hydrogen-bond acceptors (Lipinski definition) is 4. The number of aromatic nitrogens is 2. The number of H-pyrrole nitrogens is 1. The lowest BCUT2D eigenvalue weighted by molar-refractivity contribution is -0.385. The minimum absolute atomic E-state index is 0.338. The van der Waals surface area contributed by atoms with Crippen molar-refractivity contribution in [3.8, 4) is 0 Å². The molecule has 0 unspecified atom stereocenters. The Morgan fingerprint density at radius 2 is 2.05 bits per heavy atom. The molecule has 1 heterocycles. The fourth-order valence-corrected chi connectivity index (χ4v) is 1.75. The number of non-ortho nitro benzene ring substituents is 1. The van der Waals surface area contributed by atoms with Crippen molar-refractivity contribution in [1.29, 1.82) is 0 Å². The van der Waals surface area contributed by atoms with Crippen molar-refractivity contribution in [1.82, 2.24) is 10.2 Å². The van der Waals surface area contributed by atoms with Gasteiger partial charge >= 0.3 is 0 Å². The predicted molar refractivity (Wildman–Crippen MR) is 68.4 cm³/mol. The number of halogens is 2. The van der Waals surface area contributed by atoms with Gasteiger partial charge in [-0.05, 0) is 18.9 Å². The summed E-state index contributed by atoms with van der Waals surface area (Å²) in [5, 5.41) is 19.6. The molecule has 0 radical (unpaired) electrons. The highest BCUT2D eigenvalue weighted by molar-refractivity contribution is 5.51. The van der Waals surface area contributed by atoms with Crippen molar-refractivity contribution < 1.29 is 13.7 Å². The van der Waals surface area contributed by atoms with Gasteiger partial charge in [0.1, 0.15) is 5.69 Å². The first kappa shape index (κ1) is 13.9. The average molecular weight is 282 g/mol. The van der Waals surface area contributed by atoms with E-state index in [9.17, 15) is 18.9 Å². The second-order valence-corrected chi connectivity index (χ2v) is 4.15. The second kappa shape index (κ2) is 6.09. The third kappa shape index (κ3) is 3.28. The predicted octanol–water partition coefficient (Wildman–Crippen LogP) is 2.64.